The molecule has 0 spiro atoms. The van der Waals surface area contributed by atoms with Crippen LogP contribution in [0.2, 0.25) is 0 Å². The van der Waals surface area contributed by atoms with Crippen LogP contribution in [0, 0.1) is 17.8 Å². The van der Waals surface area contributed by atoms with Gasteiger partial charge in [0.05, 0.1) is 0 Å². The summed E-state index contributed by atoms with van der Waals surface area (Å²) < 4.78 is 0. The van der Waals surface area contributed by atoms with Gasteiger partial charge in [0.15, 0.2) is 0 Å². The van der Waals surface area contributed by atoms with Crippen LogP contribution in [0.1, 0.15) is 39.0 Å². The molecule has 2 saturated heterocycles. The number of rotatable bonds is 9. The Morgan fingerprint density at radius 3 is 2.48 bits per heavy atom. The van der Waals surface area contributed by atoms with Gasteiger partial charge in [0.25, 0.3) is 0 Å². The van der Waals surface area contributed by atoms with E-state index < -0.39 is 0 Å². The second kappa shape index (κ2) is 12.3. The van der Waals surface area contributed by atoms with Crippen LogP contribution in [0.5, 0.6) is 0 Å². The summed E-state index contributed by atoms with van der Waals surface area (Å²) in [6.07, 6.45) is 17.9. The van der Waals surface area contributed by atoms with E-state index in [1.54, 1.807) is 12.3 Å². The highest BCUT2D eigenvalue weighted by Gasteiger charge is 2.30. The van der Waals surface area contributed by atoms with Crippen molar-refractivity contribution in [1.82, 2.24) is 14.7 Å². The van der Waals surface area contributed by atoms with Gasteiger partial charge in [-0.05, 0) is 74.9 Å². The van der Waals surface area contributed by atoms with Gasteiger partial charge in [0.1, 0.15) is 0 Å². The van der Waals surface area contributed by atoms with Crippen LogP contribution in [0.15, 0.2) is 48.7 Å². The van der Waals surface area contributed by atoms with Crippen LogP contribution in [-0.2, 0) is 4.79 Å². The van der Waals surface area contributed by atoms with Crippen LogP contribution in [0.4, 0.5) is 0 Å². The minimum Gasteiger partial charge on any atom is -0.405 e. The maximum atomic E-state index is 13.1. The minimum atomic E-state index is 0.188. The molecule has 0 radical (unpaired) electrons. The highest BCUT2D eigenvalue weighted by atomic mass is 16.2. The standard InChI is InChI=1S/C26H42N4O/c1-3-6-24(9-12-27)21-28-13-10-25(11-14-28)26(31)30-17-15-29(16-18-30)20-22(2)19-23-7-4-5-8-23/h3-4,6-7,9,12,22-23,25H,1,5,8,10-11,13-21,27H2,2H3/b12-9-,24-6+/t22?,23-/m1/s1. The molecule has 0 bridgehead atoms. The Kier molecular flexibility index (Phi) is 9.41. The van der Waals surface area contributed by atoms with Gasteiger partial charge in [-0.2, -0.15) is 0 Å². The van der Waals surface area contributed by atoms with E-state index in [0.29, 0.717) is 5.91 Å². The van der Waals surface area contributed by atoms with E-state index in [4.69, 9.17) is 5.73 Å². The maximum Gasteiger partial charge on any atom is 0.225 e. The summed E-state index contributed by atoms with van der Waals surface area (Å²) in [5.74, 6) is 2.09. The number of hydrogen-bond acceptors (Lipinski definition) is 4. The van der Waals surface area contributed by atoms with Gasteiger partial charge in [-0.1, -0.05) is 37.8 Å². The highest BCUT2D eigenvalue weighted by Crippen LogP contribution is 2.25. The molecule has 31 heavy (non-hydrogen) atoms. The first-order chi connectivity index (χ1) is 15.1. The summed E-state index contributed by atoms with van der Waals surface area (Å²) >= 11 is 0. The van der Waals surface area contributed by atoms with Crippen LogP contribution in [0.25, 0.3) is 0 Å². The molecule has 2 N–H and O–H groups in total. The van der Waals surface area contributed by atoms with Crippen LogP contribution >= 0.6 is 0 Å². The molecule has 0 aromatic carbocycles. The van der Waals surface area contributed by atoms with Gasteiger partial charge in [0, 0.05) is 45.2 Å². The molecule has 0 saturated carbocycles. The Hall–Kier alpha value is -1.85. The second-order valence-corrected chi connectivity index (χ2v) is 9.62. The predicted octanol–water partition coefficient (Wildman–Crippen LogP) is 3.42. The number of piperazine rings is 1. The van der Waals surface area contributed by atoms with Crippen LogP contribution in [-0.4, -0.2) is 73.0 Å². The predicted molar refractivity (Wildman–Crippen MR) is 129 cm³/mol. The third-order valence-corrected chi connectivity index (χ3v) is 7.06. The average molecular weight is 427 g/mol. The molecule has 0 aromatic rings. The van der Waals surface area contributed by atoms with Crippen molar-refractivity contribution in [3.63, 3.8) is 0 Å². The Morgan fingerprint density at radius 2 is 1.87 bits per heavy atom. The maximum absolute atomic E-state index is 13.1. The Bertz CT molecular complexity index is 667. The van der Waals surface area contributed by atoms with E-state index in [1.165, 1.54) is 25.8 Å². The normalized spacial score (nSPS) is 25.4. The van der Waals surface area contributed by atoms with E-state index in [0.717, 1.165) is 76.1 Å². The van der Waals surface area contributed by atoms with Crippen molar-refractivity contribution in [2.45, 2.75) is 39.0 Å². The molecule has 3 aliphatic rings. The lowest BCUT2D eigenvalue weighted by Crippen LogP contribution is -2.52. The largest absolute Gasteiger partial charge is 0.405 e. The molecule has 2 fully saturated rings. The highest BCUT2D eigenvalue weighted by molar-refractivity contribution is 5.79. The molecule has 0 aromatic heterocycles. The molecule has 2 atom stereocenters. The van der Waals surface area contributed by atoms with Crippen molar-refractivity contribution in [3.05, 3.63) is 48.7 Å². The van der Waals surface area contributed by atoms with Gasteiger partial charge >= 0.3 is 0 Å². The first-order valence-corrected chi connectivity index (χ1v) is 12.2. The number of allylic oxidation sites excluding steroid dienone is 4. The fraction of sp³-hybridized carbons (Fsp3) is 0.654. The first-order valence-electron chi connectivity index (χ1n) is 12.2. The molecule has 2 heterocycles. The number of likely N-dealkylation sites (tertiary alicyclic amines) is 1. The fourth-order valence-electron chi connectivity index (χ4n) is 5.36. The van der Waals surface area contributed by atoms with Gasteiger partial charge in [-0.3, -0.25) is 14.6 Å². The molecule has 5 heteroatoms. The summed E-state index contributed by atoms with van der Waals surface area (Å²) in [7, 11) is 0. The topological polar surface area (TPSA) is 52.8 Å². The quantitative estimate of drug-likeness (QED) is 0.453. The molecule has 5 nitrogen and oxygen atoms in total. The third-order valence-electron chi connectivity index (χ3n) is 7.06. The van der Waals surface area contributed by atoms with Crippen molar-refractivity contribution in [1.29, 1.82) is 0 Å². The van der Waals surface area contributed by atoms with Gasteiger partial charge in [-0.25, -0.2) is 0 Å². The van der Waals surface area contributed by atoms with Crippen LogP contribution < -0.4 is 5.73 Å². The zero-order chi connectivity index (χ0) is 22.1. The Balaban J connectivity index is 1.36. The first kappa shape index (κ1) is 23.8. The van der Waals surface area contributed by atoms with E-state index in [2.05, 4.69) is 40.4 Å². The van der Waals surface area contributed by atoms with Crippen LogP contribution in [0.3, 0.4) is 0 Å². The third kappa shape index (κ3) is 7.36. The van der Waals surface area contributed by atoms with Gasteiger partial charge < -0.3 is 10.6 Å². The van der Waals surface area contributed by atoms with E-state index in [-0.39, 0.29) is 5.92 Å². The second-order valence-electron chi connectivity index (χ2n) is 9.62. The molecule has 172 valence electrons. The number of carbonyl (C=O) groups excluding carboxylic acids is 1. The van der Waals surface area contributed by atoms with E-state index >= 15 is 0 Å². The van der Waals surface area contributed by atoms with Crippen molar-refractivity contribution < 1.29 is 4.79 Å². The number of hydrogen-bond donors (Lipinski definition) is 1. The average Bonchev–Trinajstić information content (AvgIpc) is 3.27. The van der Waals surface area contributed by atoms with E-state index in [9.17, 15) is 4.79 Å². The molecule has 2 aliphatic heterocycles. The monoisotopic (exact) mass is 426 g/mol. The van der Waals surface area contributed by atoms with Gasteiger partial charge in [0.2, 0.25) is 5.91 Å². The number of nitrogens with two attached hydrogens (primary N) is 1. The molecule has 1 amide bonds. The smallest absolute Gasteiger partial charge is 0.225 e. The summed E-state index contributed by atoms with van der Waals surface area (Å²) in [6.45, 7) is 14.0. The molecule has 3 rings (SSSR count). The zero-order valence-corrected chi connectivity index (χ0v) is 19.4. The van der Waals surface area contributed by atoms with Crippen molar-refractivity contribution in [2.75, 3.05) is 52.4 Å². The summed E-state index contributed by atoms with van der Waals surface area (Å²) in [5, 5.41) is 0. The number of nitrogens with zero attached hydrogens (tertiary/aromatic N) is 3. The number of piperidine rings is 1. The summed E-state index contributed by atoms with van der Waals surface area (Å²) in [4.78, 5) is 20.2. The minimum absolute atomic E-state index is 0.188. The molecular weight excluding hydrogens is 384 g/mol. The Labute approximate surface area is 189 Å². The molecule has 1 unspecified atom stereocenters. The lowest BCUT2D eigenvalue weighted by atomic mass is 9.94. The summed E-state index contributed by atoms with van der Waals surface area (Å²) in [6, 6.07) is 0. The lowest BCUT2D eigenvalue weighted by Gasteiger charge is -2.39. The Morgan fingerprint density at radius 1 is 1.13 bits per heavy atom. The SMILES string of the molecule is C=C/C=C(\C=C/N)CN1CCC(C(=O)N2CCN(CC(C)C[C@@H]3C=CCC3)CC2)CC1. The van der Waals surface area contributed by atoms with E-state index in [1.807, 2.05) is 12.2 Å². The zero-order valence-electron chi connectivity index (χ0n) is 19.4. The van der Waals surface area contributed by atoms with Crippen molar-refractivity contribution >= 4 is 5.91 Å². The molecular formula is C26H42N4O. The van der Waals surface area contributed by atoms with Crippen molar-refractivity contribution in [3.8, 4) is 0 Å². The fourth-order valence-corrected chi connectivity index (χ4v) is 5.36. The van der Waals surface area contributed by atoms with Gasteiger partial charge in [-0.15, -0.1) is 0 Å². The summed E-state index contributed by atoms with van der Waals surface area (Å²) in [5.41, 5.74) is 6.71. The molecule has 1 aliphatic carbocycles. The number of carbonyl (C=O) groups is 1. The number of amides is 1. The van der Waals surface area contributed by atoms with Crippen molar-refractivity contribution in [2.24, 2.45) is 23.5 Å². The lowest BCUT2D eigenvalue weighted by molar-refractivity contribution is -0.138.